The summed E-state index contributed by atoms with van der Waals surface area (Å²) < 4.78 is 40.6. The molecule has 0 unspecified atom stereocenters. The Morgan fingerprint density at radius 1 is 0.583 bits per heavy atom. The highest BCUT2D eigenvalue weighted by atomic mass is 19.4. The molecule has 0 atom stereocenters. The topological polar surface area (TPSA) is 0 Å². The van der Waals surface area contributed by atoms with E-state index in [2.05, 4.69) is 0 Å². The van der Waals surface area contributed by atoms with Crippen molar-refractivity contribution in [3.63, 3.8) is 0 Å². The van der Waals surface area contributed by atoms with Gasteiger partial charge in [0.05, 0.1) is 5.56 Å². The van der Waals surface area contributed by atoms with Crippen LogP contribution in [0.4, 0.5) is 13.2 Å². The van der Waals surface area contributed by atoms with Gasteiger partial charge >= 0.3 is 6.18 Å². The third kappa shape index (κ3) is 2.42. The molecule has 0 amide bonds. The predicted molar refractivity (Wildman–Crippen MR) is 91.9 cm³/mol. The summed E-state index contributed by atoms with van der Waals surface area (Å²) in [6.45, 7) is 0. The summed E-state index contributed by atoms with van der Waals surface area (Å²) in [4.78, 5) is 0. The van der Waals surface area contributed by atoms with Crippen molar-refractivity contribution in [2.75, 3.05) is 0 Å². The standard InChI is InChI=1S/C21H13F3/c22-21(23,24)20-13-16(12-15-7-2-4-10-19(15)20)18-11-5-8-14-6-1-3-9-17(14)18/h1-13H. The molecule has 118 valence electrons. The molecule has 0 aliphatic carbocycles. The molecular weight excluding hydrogens is 309 g/mol. The average Bonchev–Trinajstić information content (AvgIpc) is 2.59. The molecule has 0 nitrogen and oxygen atoms in total. The second-order valence-corrected chi connectivity index (χ2v) is 5.77. The van der Waals surface area contributed by atoms with Crippen molar-refractivity contribution >= 4 is 21.5 Å². The van der Waals surface area contributed by atoms with Gasteiger partial charge in [-0.1, -0.05) is 66.7 Å². The number of benzene rings is 4. The number of rotatable bonds is 1. The molecule has 4 aromatic carbocycles. The van der Waals surface area contributed by atoms with E-state index in [-0.39, 0.29) is 5.39 Å². The fourth-order valence-corrected chi connectivity index (χ4v) is 3.18. The lowest BCUT2D eigenvalue weighted by molar-refractivity contribution is -0.136. The van der Waals surface area contributed by atoms with Crippen molar-refractivity contribution in [2.24, 2.45) is 0 Å². The Bertz CT molecular complexity index is 1040. The molecule has 0 aromatic heterocycles. The molecular formula is C21H13F3. The third-order valence-corrected chi connectivity index (χ3v) is 4.27. The minimum absolute atomic E-state index is 0.231. The van der Waals surface area contributed by atoms with E-state index in [1.807, 2.05) is 48.5 Å². The van der Waals surface area contributed by atoms with Crippen LogP contribution < -0.4 is 0 Å². The van der Waals surface area contributed by atoms with Crippen LogP contribution in [0.25, 0.3) is 32.7 Å². The summed E-state index contributed by atoms with van der Waals surface area (Å²) in [6, 6.07) is 23.1. The normalized spacial score (nSPS) is 12.0. The van der Waals surface area contributed by atoms with E-state index in [9.17, 15) is 13.2 Å². The van der Waals surface area contributed by atoms with Crippen molar-refractivity contribution < 1.29 is 13.2 Å². The van der Waals surface area contributed by atoms with Crippen LogP contribution in [0.3, 0.4) is 0 Å². The highest BCUT2D eigenvalue weighted by molar-refractivity contribution is 5.99. The molecule has 0 saturated carbocycles. The highest BCUT2D eigenvalue weighted by Gasteiger charge is 2.33. The first-order chi connectivity index (χ1) is 11.5. The summed E-state index contributed by atoms with van der Waals surface area (Å²) in [5.74, 6) is 0. The van der Waals surface area contributed by atoms with Gasteiger partial charge in [0.1, 0.15) is 0 Å². The van der Waals surface area contributed by atoms with Gasteiger partial charge in [-0.3, -0.25) is 0 Å². The summed E-state index contributed by atoms with van der Waals surface area (Å²) in [5, 5.41) is 2.78. The van der Waals surface area contributed by atoms with E-state index in [0.717, 1.165) is 16.3 Å². The Morgan fingerprint density at radius 3 is 1.96 bits per heavy atom. The second-order valence-electron chi connectivity index (χ2n) is 5.77. The maximum Gasteiger partial charge on any atom is 0.417 e. The molecule has 0 spiro atoms. The number of fused-ring (bicyclic) bond motifs is 2. The molecule has 24 heavy (non-hydrogen) atoms. The lowest BCUT2D eigenvalue weighted by Gasteiger charge is -2.14. The Morgan fingerprint density at radius 2 is 1.21 bits per heavy atom. The lowest BCUT2D eigenvalue weighted by Crippen LogP contribution is -2.06. The largest absolute Gasteiger partial charge is 0.417 e. The van der Waals surface area contributed by atoms with Crippen LogP contribution in [-0.4, -0.2) is 0 Å². The van der Waals surface area contributed by atoms with E-state index >= 15 is 0 Å². The smallest absolute Gasteiger partial charge is 0.166 e. The van der Waals surface area contributed by atoms with E-state index in [1.54, 1.807) is 18.2 Å². The maximum absolute atomic E-state index is 13.5. The minimum Gasteiger partial charge on any atom is -0.166 e. The zero-order valence-corrected chi connectivity index (χ0v) is 12.6. The molecule has 0 aliphatic heterocycles. The first kappa shape index (κ1) is 14.8. The van der Waals surface area contributed by atoms with Crippen LogP contribution in [-0.2, 0) is 6.18 Å². The Balaban J connectivity index is 2.07. The number of hydrogen-bond donors (Lipinski definition) is 0. The summed E-state index contributed by atoms with van der Waals surface area (Å²) >= 11 is 0. The van der Waals surface area contributed by atoms with Crippen LogP contribution in [0, 0.1) is 0 Å². The van der Waals surface area contributed by atoms with E-state index in [0.29, 0.717) is 10.9 Å². The van der Waals surface area contributed by atoms with Crippen molar-refractivity contribution in [1.29, 1.82) is 0 Å². The molecule has 3 heteroatoms. The van der Waals surface area contributed by atoms with Gasteiger partial charge in [0.15, 0.2) is 0 Å². The third-order valence-electron chi connectivity index (χ3n) is 4.27. The summed E-state index contributed by atoms with van der Waals surface area (Å²) in [6.07, 6.45) is -4.39. The molecule has 0 fully saturated rings. The number of alkyl halides is 3. The number of hydrogen-bond acceptors (Lipinski definition) is 0. The van der Waals surface area contributed by atoms with Crippen LogP contribution in [0.15, 0.2) is 78.9 Å². The van der Waals surface area contributed by atoms with Gasteiger partial charge in [-0.15, -0.1) is 0 Å². The van der Waals surface area contributed by atoms with E-state index < -0.39 is 11.7 Å². The van der Waals surface area contributed by atoms with E-state index in [4.69, 9.17) is 0 Å². The molecule has 0 aliphatic rings. The monoisotopic (exact) mass is 322 g/mol. The molecule has 0 heterocycles. The minimum atomic E-state index is -4.39. The van der Waals surface area contributed by atoms with Crippen LogP contribution in [0.1, 0.15) is 5.56 Å². The average molecular weight is 322 g/mol. The van der Waals surface area contributed by atoms with Gasteiger partial charge in [0.25, 0.3) is 0 Å². The van der Waals surface area contributed by atoms with Gasteiger partial charge in [-0.25, -0.2) is 0 Å². The van der Waals surface area contributed by atoms with Crippen molar-refractivity contribution in [2.45, 2.75) is 6.18 Å². The summed E-state index contributed by atoms with van der Waals surface area (Å²) in [5.41, 5.74) is 0.797. The Kier molecular flexibility index (Phi) is 3.31. The lowest BCUT2D eigenvalue weighted by atomic mass is 9.93. The molecule has 0 N–H and O–H groups in total. The predicted octanol–water partition coefficient (Wildman–Crippen LogP) is 6.68. The van der Waals surface area contributed by atoms with Gasteiger partial charge in [0, 0.05) is 0 Å². The first-order valence-electron chi connectivity index (χ1n) is 7.62. The molecule has 0 radical (unpaired) electrons. The van der Waals surface area contributed by atoms with Crippen LogP contribution >= 0.6 is 0 Å². The van der Waals surface area contributed by atoms with Gasteiger partial charge < -0.3 is 0 Å². The fourth-order valence-electron chi connectivity index (χ4n) is 3.18. The van der Waals surface area contributed by atoms with Crippen LogP contribution in [0.2, 0.25) is 0 Å². The molecule has 0 bridgehead atoms. The van der Waals surface area contributed by atoms with Crippen LogP contribution in [0.5, 0.6) is 0 Å². The first-order valence-corrected chi connectivity index (χ1v) is 7.62. The number of halogens is 3. The molecule has 0 saturated heterocycles. The maximum atomic E-state index is 13.5. The van der Waals surface area contributed by atoms with E-state index in [1.165, 1.54) is 12.1 Å². The van der Waals surface area contributed by atoms with Crippen molar-refractivity contribution in [1.82, 2.24) is 0 Å². The zero-order valence-electron chi connectivity index (χ0n) is 12.6. The van der Waals surface area contributed by atoms with Gasteiger partial charge in [-0.2, -0.15) is 13.2 Å². The van der Waals surface area contributed by atoms with Gasteiger partial charge in [-0.05, 0) is 44.8 Å². The second kappa shape index (κ2) is 5.38. The fraction of sp³-hybridized carbons (Fsp3) is 0.0476. The SMILES string of the molecule is FC(F)(F)c1cc(-c2cccc3ccccc23)cc2ccccc12. The summed E-state index contributed by atoms with van der Waals surface area (Å²) in [7, 11) is 0. The Labute approximate surface area is 137 Å². The molecule has 4 rings (SSSR count). The quantitative estimate of drug-likeness (QED) is 0.367. The molecule has 4 aromatic rings. The highest BCUT2D eigenvalue weighted by Crippen LogP contribution is 2.39. The van der Waals surface area contributed by atoms with Crippen molar-refractivity contribution in [3.05, 3.63) is 84.4 Å². The zero-order chi connectivity index (χ0) is 16.7. The van der Waals surface area contributed by atoms with Gasteiger partial charge in [0.2, 0.25) is 0 Å². The Hall–Kier alpha value is -2.81. The van der Waals surface area contributed by atoms with Crippen molar-refractivity contribution in [3.8, 4) is 11.1 Å².